The van der Waals surface area contributed by atoms with Crippen LogP contribution >= 0.6 is 0 Å². The van der Waals surface area contributed by atoms with Gasteiger partial charge in [-0.15, -0.1) is 0 Å². The summed E-state index contributed by atoms with van der Waals surface area (Å²) in [5.41, 5.74) is 0.736. The van der Waals surface area contributed by atoms with Gasteiger partial charge in [-0.2, -0.15) is 4.98 Å². The number of piperidine rings is 1. The molecule has 1 saturated heterocycles. The minimum absolute atomic E-state index is 0.0194. The highest BCUT2D eigenvalue weighted by molar-refractivity contribution is 5.79. The van der Waals surface area contributed by atoms with Crippen molar-refractivity contribution in [2.24, 2.45) is 5.92 Å². The van der Waals surface area contributed by atoms with Crippen molar-refractivity contribution in [2.75, 3.05) is 24.5 Å². The Labute approximate surface area is 181 Å². The van der Waals surface area contributed by atoms with Gasteiger partial charge in [0.05, 0.1) is 6.33 Å². The predicted octanol–water partition coefficient (Wildman–Crippen LogP) is 2.02. The number of carbonyl (C=O) groups is 1. The average Bonchev–Trinajstić information content (AvgIpc) is 3.49. The maximum atomic E-state index is 12.6. The summed E-state index contributed by atoms with van der Waals surface area (Å²) in [6, 6.07) is 0. The van der Waals surface area contributed by atoms with Crippen LogP contribution in [0.3, 0.4) is 0 Å². The van der Waals surface area contributed by atoms with Crippen molar-refractivity contribution in [1.82, 2.24) is 35.0 Å². The lowest BCUT2D eigenvalue weighted by molar-refractivity contribution is -0.125. The Morgan fingerprint density at radius 3 is 2.84 bits per heavy atom. The smallest absolute Gasteiger partial charge is 0.263 e. The summed E-state index contributed by atoms with van der Waals surface area (Å²) in [5.74, 6) is 2.72. The Morgan fingerprint density at radius 2 is 2.13 bits per heavy atom. The Hall–Kier alpha value is -3.30. The first kappa shape index (κ1) is 21.0. The Morgan fingerprint density at radius 1 is 1.29 bits per heavy atom. The lowest BCUT2D eigenvalue weighted by Gasteiger charge is -2.32. The van der Waals surface area contributed by atoms with Gasteiger partial charge in [-0.25, -0.2) is 15.0 Å². The van der Waals surface area contributed by atoms with Crippen LogP contribution in [0.25, 0.3) is 11.5 Å². The van der Waals surface area contributed by atoms with Crippen molar-refractivity contribution < 1.29 is 9.32 Å². The predicted molar refractivity (Wildman–Crippen MR) is 114 cm³/mol. The number of aromatic nitrogens is 6. The lowest BCUT2D eigenvalue weighted by Crippen LogP contribution is -2.41. The maximum Gasteiger partial charge on any atom is 0.263 e. The second kappa shape index (κ2) is 9.67. The van der Waals surface area contributed by atoms with E-state index in [-0.39, 0.29) is 11.8 Å². The van der Waals surface area contributed by atoms with Gasteiger partial charge in [-0.05, 0) is 26.2 Å². The first-order valence-electron chi connectivity index (χ1n) is 10.8. The minimum atomic E-state index is 0.0194. The van der Waals surface area contributed by atoms with Crippen LogP contribution in [0.15, 0.2) is 29.4 Å². The van der Waals surface area contributed by atoms with E-state index in [0.717, 1.165) is 50.3 Å². The molecule has 4 rings (SSSR count). The summed E-state index contributed by atoms with van der Waals surface area (Å²) in [7, 11) is 0. The molecule has 1 N–H and O–H groups in total. The molecule has 0 aromatic carbocycles. The Kier molecular flexibility index (Phi) is 6.54. The number of amides is 1. The van der Waals surface area contributed by atoms with E-state index in [1.807, 2.05) is 24.6 Å². The van der Waals surface area contributed by atoms with Crippen LogP contribution in [0.1, 0.15) is 37.8 Å². The van der Waals surface area contributed by atoms with Crippen LogP contribution in [0.5, 0.6) is 0 Å². The molecule has 0 aliphatic carbocycles. The monoisotopic (exact) mass is 424 g/mol. The van der Waals surface area contributed by atoms with Gasteiger partial charge < -0.3 is 19.3 Å². The molecular weight excluding hydrogens is 396 g/mol. The number of aryl methyl sites for hydroxylation is 3. The van der Waals surface area contributed by atoms with Crippen molar-refractivity contribution in [2.45, 2.75) is 46.1 Å². The van der Waals surface area contributed by atoms with E-state index in [1.54, 1.807) is 18.7 Å². The van der Waals surface area contributed by atoms with E-state index in [2.05, 4.69) is 35.3 Å². The molecule has 31 heavy (non-hydrogen) atoms. The summed E-state index contributed by atoms with van der Waals surface area (Å²) < 4.78 is 7.43. The summed E-state index contributed by atoms with van der Waals surface area (Å²) in [5, 5.41) is 7.06. The first-order chi connectivity index (χ1) is 15.1. The molecule has 0 spiro atoms. The van der Waals surface area contributed by atoms with Crippen molar-refractivity contribution in [3.8, 4) is 11.5 Å². The number of carbonyl (C=O) groups excluding carboxylic acids is 1. The molecule has 0 bridgehead atoms. The third-order valence-electron chi connectivity index (χ3n) is 5.52. The minimum Gasteiger partial charge on any atom is -0.356 e. The summed E-state index contributed by atoms with van der Waals surface area (Å²) in [4.78, 5) is 32.2. The third-order valence-corrected chi connectivity index (χ3v) is 5.52. The number of anilines is 1. The van der Waals surface area contributed by atoms with Gasteiger partial charge in [0.25, 0.3) is 5.89 Å². The standard InChI is InChI=1S/C21H28N8O2/c1-3-18-26-21(31-27-18)17-13-24-15(2)25-19(17)29-10-5-16(6-11-29)20(30)23-7-4-9-28-12-8-22-14-28/h8,12-14,16H,3-7,9-11H2,1-2H3,(H,23,30). The molecule has 10 heteroatoms. The summed E-state index contributed by atoms with van der Waals surface area (Å²) in [6.07, 6.45) is 10.4. The molecule has 4 heterocycles. The number of nitrogens with one attached hydrogen (secondary N) is 1. The quantitative estimate of drug-likeness (QED) is 0.546. The number of rotatable bonds is 8. The molecule has 0 atom stereocenters. The molecule has 1 amide bonds. The zero-order chi connectivity index (χ0) is 21.6. The van der Waals surface area contributed by atoms with E-state index >= 15 is 0 Å². The highest BCUT2D eigenvalue weighted by atomic mass is 16.5. The molecule has 0 unspecified atom stereocenters. The fourth-order valence-corrected chi connectivity index (χ4v) is 3.75. The molecule has 1 aliphatic rings. The number of hydrogen-bond acceptors (Lipinski definition) is 8. The fourth-order valence-electron chi connectivity index (χ4n) is 3.75. The van der Waals surface area contributed by atoms with Gasteiger partial charge in [0.15, 0.2) is 5.82 Å². The van der Waals surface area contributed by atoms with E-state index in [0.29, 0.717) is 30.5 Å². The molecule has 0 radical (unpaired) electrons. The Bertz CT molecular complexity index is 993. The zero-order valence-corrected chi connectivity index (χ0v) is 18.0. The van der Waals surface area contributed by atoms with Crippen LogP contribution in [0.4, 0.5) is 5.82 Å². The van der Waals surface area contributed by atoms with Gasteiger partial charge in [0.2, 0.25) is 5.91 Å². The SMILES string of the molecule is CCc1noc(-c2cnc(C)nc2N2CCC(C(=O)NCCCn3ccnc3)CC2)n1. The Balaban J connectivity index is 1.33. The van der Waals surface area contributed by atoms with Gasteiger partial charge in [0, 0.05) is 57.1 Å². The van der Waals surface area contributed by atoms with Gasteiger partial charge in [-0.1, -0.05) is 12.1 Å². The van der Waals surface area contributed by atoms with Crippen molar-refractivity contribution in [3.63, 3.8) is 0 Å². The molecule has 1 aliphatic heterocycles. The van der Waals surface area contributed by atoms with Gasteiger partial charge >= 0.3 is 0 Å². The molecule has 3 aromatic rings. The molecular formula is C21H28N8O2. The first-order valence-corrected chi connectivity index (χ1v) is 10.8. The zero-order valence-electron chi connectivity index (χ0n) is 18.0. The maximum absolute atomic E-state index is 12.6. The van der Waals surface area contributed by atoms with E-state index in [9.17, 15) is 4.79 Å². The highest BCUT2D eigenvalue weighted by Gasteiger charge is 2.28. The van der Waals surface area contributed by atoms with E-state index in [4.69, 9.17) is 4.52 Å². The molecule has 10 nitrogen and oxygen atoms in total. The fraction of sp³-hybridized carbons (Fsp3) is 0.524. The van der Waals surface area contributed by atoms with Crippen LogP contribution in [0, 0.1) is 12.8 Å². The van der Waals surface area contributed by atoms with E-state index < -0.39 is 0 Å². The summed E-state index contributed by atoms with van der Waals surface area (Å²) in [6.45, 7) is 6.85. The second-order valence-corrected chi connectivity index (χ2v) is 7.73. The third kappa shape index (κ3) is 5.07. The van der Waals surface area contributed by atoms with Crippen LogP contribution < -0.4 is 10.2 Å². The second-order valence-electron chi connectivity index (χ2n) is 7.73. The normalized spacial score (nSPS) is 14.7. The summed E-state index contributed by atoms with van der Waals surface area (Å²) >= 11 is 0. The van der Waals surface area contributed by atoms with Crippen molar-refractivity contribution >= 4 is 11.7 Å². The van der Waals surface area contributed by atoms with Crippen molar-refractivity contribution in [1.29, 1.82) is 0 Å². The topological polar surface area (TPSA) is 115 Å². The lowest BCUT2D eigenvalue weighted by atomic mass is 9.95. The van der Waals surface area contributed by atoms with Gasteiger partial charge in [-0.3, -0.25) is 4.79 Å². The molecule has 164 valence electrons. The van der Waals surface area contributed by atoms with Gasteiger partial charge in [0.1, 0.15) is 17.2 Å². The largest absolute Gasteiger partial charge is 0.356 e. The molecule has 3 aromatic heterocycles. The number of hydrogen-bond donors (Lipinski definition) is 1. The van der Waals surface area contributed by atoms with Crippen LogP contribution in [-0.4, -0.2) is 55.2 Å². The van der Waals surface area contributed by atoms with Crippen molar-refractivity contribution in [3.05, 3.63) is 36.6 Å². The number of nitrogens with zero attached hydrogens (tertiary/aromatic N) is 7. The average molecular weight is 425 g/mol. The van der Waals surface area contributed by atoms with Crippen LogP contribution in [-0.2, 0) is 17.8 Å². The van der Waals surface area contributed by atoms with E-state index in [1.165, 1.54) is 0 Å². The van der Waals surface area contributed by atoms with Crippen LogP contribution in [0.2, 0.25) is 0 Å². The number of imidazole rings is 1. The molecule has 1 fully saturated rings. The molecule has 0 saturated carbocycles. The highest BCUT2D eigenvalue weighted by Crippen LogP contribution is 2.30.